The highest BCUT2D eigenvalue weighted by Gasteiger charge is 2.26. The Hall–Kier alpha value is -1.38. The molecule has 0 spiro atoms. The van der Waals surface area contributed by atoms with Crippen LogP contribution < -0.4 is 16.7 Å². The number of halogens is 3. The number of nitrogens with one attached hydrogen (secondary N) is 1. The summed E-state index contributed by atoms with van der Waals surface area (Å²) in [5.74, 6) is 4.76. The summed E-state index contributed by atoms with van der Waals surface area (Å²) >= 11 is 15.4. The number of benzene rings is 1. The van der Waals surface area contributed by atoms with E-state index in [1.165, 1.54) is 0 Å². The summed E-state index contributed by atoms with van der Waals surface area (Å²) in [6.07, 6.45) is 0. The molecule has 1 aromatic heterocycles. The Morgan fingerprint density at radius 3 is 2.54 bits per heavy atom. The van der Waals surface area contributed by atoms with Crippen molar-refractivity contribution >= 4 is 45.1 Å². The Kier molecular flexibility index (Phi) is 7.25. The standard InChI is InChI=1S/C17H18BrCl2N3O3/c1-3-23-12(8-22-21)14(18)16(24)13(17(25)26-4-2)15(23)9-5-6-10(19)11(20)7-9/h5-7,22H,3-4,8,21H2,1-2H3. The van der Waals surface area contributed by atoms with Gasteiger partial charge in [0.1, 0.15) is 5.56 Å². The number of nitrogens with zero attached hydrogens (tertiary/aromatic N) is 1. The molecule has 26 heavy (non-hydrogen) atoms. The number of ether oxygens (including phenoxy) is 1. The molecule has 0 aliphatic rings. The van der Waals surface area contributed by atoms with Crippen LogP contribution in [0.5, 0.6) is 0 Å². The molecule has 0 unspecified atom stereocenters. The molecule has 1 aromatic carbocycles. The zero-order chi connectivity index (χ0) is 19.4. The van der Waals surface area contributed by atoms with Crippen LogP contribution in [0.4, 0.5) is 0 Å². The second kappa shape index (κ2) is 9.01. The molecule has 0 bridgehead atoms. The number of pyridine rings is 1. The van der Waals surface area contributed by atoms with E-state index >= 15 is 0 Å². The van der Waals surface area contributed by atoms with Crippen LogP contribution in [0.3, 0.4) is 0 Å². The Morgan fingerprint density at radius 1 is 1.31 bits per heavy atom. The van der Waals surface area contributed by atoms with Crippen LogP contribution in [0.15, 0.2) is 27.5 Å². The largest absolute Gasteiger partial charge is 0.462 e. The summed E-state index contributed by atoms with van der Waals surface area (Å²) in [5, 5.41) is 0.690. The molecule has 0 aliphatic carbocycles. The summed E-state index contributed by atoms with van der Waals surface area (Å²) in [7, 11) is 0. The quantitative estimate of drug-likeness (QED) is 0.388. The number of aromatic nitrogens is 1. The van der Waals surface area contributed by atoms with Crippen LogP contribution in [0, 0.1) is 0 Å². The summed E-state index contributed by atoms with van der Waals surface area (Å²) in [6.45, 7) is 4.43. The molecule has 2 rings (SSSR count). The molecule has 3 N–H and O–H groups in total. The van der Waals surface area contributed by atoms with Gasteiger partial charge in [-0.2, -0.15) is 0 Å². The topological polar surface area (TPSA) is 86.3 Å². The predicted molar refractivity (Wildman–Crippen MR) is 107 cm³/mol. The van der Waals surface area contributed by atoms with Gasteiger partial charge in [0.05, 0.1) is 39.1 Å². The zero-order valence-electron chi connectivity index (χ0n) is 14.2. The predicted octanol–water partition coefficient (Wildman–Crippen LogP) is 3.74. The molecule has 0 radical (unpaired) electrons. The van der Waals surface area contributed by atoms with Crippen molar-refractivity contribution in [3.63, 3.8) is 0 Å². The van der Waals surface area contributed by atoms with E-state index in [2.05, 4.69) is 21.4 Å². The summed E-state index contributed by atoms with van der Waals surface area (Å²) in [4.78, 5) is 25.5. The maximum Gasteiger partial charge on any atom is 0.344 e. The van der Waals surface area contributed by atoms with E-state index in [0.717, 1.165) is 0 Å². The monoisotopic (exact) mass is 461 g/mol. The molecular formula is C17H18BrCl2N3O3. The first-order chi connectivity index (χ1) is 12.4. The van der Waals surface area contributed by atoms with Gasteiger partial charge >= 0.3 is 5.97 Å². The van der Waals surface area contributed by atoms with Gasteiger partial charge in [-0.1, -0.05) is 29.3 Å². The second-order valence-electron chi connectivity index (χ2n) is 5.29. The van der Waals surface area contributed by atoms with Crippen molar-refractivity contribution in [1.82, 2.24) is 9.99 Å². The third-order valence-corrected chi connectivity index (χ3v) is 5.33. The van der Waals surface area contributed by atoms with Crippen LogP contribution in [0.25, 0.3) is 11.3 Å². The SMILES string of the molecule is CCOC(=O)c1c(-c2ccc(Cl)c(Cl)c2)n(CC)c(CNN)c(Br)c1=O. The van der Waals surface area contributed by atoms with E-state index in [1.807, 2.05) is 11.5 Å². The Labute approximate surface area is 169 Å². The molecule has 0 atom stereocenters. The van der Waals surface area contributed by atoms with Crippen molar-refractivity contribution in [2.45, 2.75) is 26.9 Å². The van der Waals surface area contributed by atoms with E-state index in [1.54, 1.807) is 25.1 Å². The first-order valence-corrected chi connectivity index (χ1v) is 9.43. The first kappa shape index (κ1) is 20.9. The Bertz CT molecular complexity index is 900. The average molecular weight is 463 g/mol. The van der Waals surface area contributed by atoms with Crippen LogP contribution in [0.1, 0.15) is 29.9 Å². The third-order valence-electron chi connectivity index (χ3n) is 3.77. The molecule has 0 fully saturated rings. The lowest BCUT2D eigenvalue weighted by atomic mass is 10.0. The van der Waals surface area contributed by atoms with Crippen molar-refractivity contribution in [3.8, 4) is 11.3 Å². The van der Waals surface area contributed by atoms with Crippen molar-refractivity contribution in [2.24, 2.45) is 5.84 Å². The Morgan fingerprint density at radius 2 is 2.00 bits per heavy atom. The molecule has 140 valence electrons. The summed E-state index contributed by atoms with van der Waals surface area (Å²) in [6, 6.07) is 4.92. The van der Waals surface area contributed by atoms with Gasteiger partial charge in [-0.15, -0.1) is 0 Å². The molecule has 1 heterocycles. The lowest BCUT2D eigenvalue weighted by Gasteiger charge is -2.22. The van der Waals surface area contributed by atoms with E-state index < -0.39 is 11.4 Å². The van der Waals surface area contributed by atoms with Crippen LogP contribution in [-0.4, -0.2) is 17.1 Å². The van der Waals surface area contributed by atoms with Crippen molar-refractivity contribution < 1.29 is 9.53 Å². The maximum absolute atomic E-state index is 12.9. The molecule has 9 heteroatoms. The van der Waals surface area contributed by atoms with E-state index in [-0.39, 0.29) is 23.2 Å². The van der Waals surface area contributed by atoms with Crippen LogP contribution in [0.2, 0.25) is 10.0 Å². The van der Waals surface area contributed by atoms with Crippen molar-refractivity contribution in [3.05, 3.63) is 54.2 Å². The van der Waals surface area contributed by atoms with Gasteiger partial charge in [0, 0.05) is 12.1 Å². The number of rotatable bonds is 6. The number of carbonyl (C=O) groups is 1. The normalized spacial score (nSPS) is 10.8. The molecule has 0 amide bonds. The molecule has 0 aliphatic heterocycles. The van der Waals surface area contributed by atoms with Gasteiger partial charge in [0.15, 0.2) is 0 Å². The minimum Gasteiger partial charge on any atom is -0.462 e. The van der Waals surface area contributed by atoms with Crippen LogP contribution >= 0.6 is 39.1 Å². The third kappa shape index (κ3) is 3.97. The molecule has 0 saturated carbocycles. The lowest BCUT2D eigenvalue weighted by Crippen LogP contribution is -2.30. The molecule has 0 saturated heterocycles. The Balaban J connectivity index is 2.94. The summed E-state index contributed by atoms with van der Waals surface area (Å²) in [5.41, 5.74) is 3.59. The fraction of sp³-hybridized carbons (Fsp3) is 0.294. The number of esters is 1. The zero-order valence-corrected chi connectivity index (χ0v) is 17.3. The number of hydrogen-bond acceptors (Lipinski definition) is 5. The number of nitrogens with two attached hydrogens (primary N) is 1. The van der Waals surface area contributed by atoms with Gasteiger partial charge in [-0.3, -0.25) is 16.1 Å². The van der Waals surface area contributed by atoms with Crippen LogP contribution in [-0.2, 0) is 17.8 Å². The lowest BCUT2D eigenvalue weighted by molar-refractivity contribution is 0.0524. The maximum atomic E-state index is 12.9. The molecule has 2 aromatic rings. The van der Waals surface area contributed by atoms with Crippen molar-refractivity contribution in [1.29, 1.82) is 0 Å². The van der Waals surface area contributed by atoms with Gasteiger partial charge in [0.2, 0.25) is 5.43 Å². The minimum atomic E-state index is -0.700. The van der Waals surface area contributed by atoms with Gasteiger partial charge in [-0.25, -0.2) is 4.79 Å². The second-order valence-corrected chi connectivity index (χ2v) is 6.90. The highest BCUT2D eigenvalue weighted by atomic mass is 79.9. The smallest absolute Gasteiger partial charge is 0.344 e. The first-order valence-electron chi connectivity index (χ1n) is 7.88. The van der Waals surface area contributed by atoms with Gasteiger partial charge < -0.3 is 9.30 Å². The fourth-order valence-corrected chi connectivity index (χ4v) is 3.54. The van der Waals surface area contributed by atoms with E-state index in [4.69, 9.17) is 33.8 Å². The fourth-order valence-electron chi connectivity index (χ4n) is 2.69. The number of hydrogen-bond donors (Lipinski definition) is 2. The van der Waals surface area contributed by atoms with E-state index in [0.29, 0.717) is 33.5 Å². The van der Waals surface area contributed by atoms with E-state index in [9.17, 15) is 9.59 Å². The highest BCUT2D eigenvalue weighted by molar-refractivity contribution is 9.10. The van der Waals surface area contributed by atoms with Gasteiger partial charge in [0.25, 0.3) is 0 Å². The highest BCUT2D eigenvalue weighted by Crippen LogP contribution is 2.32. The van der Waals surface area contributed by atoms with Gasteiger partial charge in [-0.05, 0) is 41.9 Å². The number of carbonyl (C=O) groups excluding carboxylic acids is 1. The number of hydrazine groups is 1. The summed E-state index contributed by atoms with van der Waals surface area (Å²) < 4.78 is 7.18. The van der Waals surface area contributed by atoms with Crippen molar-refractivity contribution in [2.75, 3.05) is 6.61 Å². The molecule has 6 nitrogen and oxygen atoms in total. The average Bonchev–Trinajstić information content (AvgIpc) is 2.61. The minimum absolute atomic E-state index is 0.0697. The molecular weight excluding hydrogens is 445 g/mol.